The molecule has 1 amide bonds. The molecule has 0 radical (unpaired) electrons. The van der Waals surface area contributed by atoms with Gasteiger partial charge in [0.2, 0.25) is 5.91 Å². The van der Waals surface area contributed by atoms with Crippen LogP contribution in [0.2, 0.25) is 0 Å². The van der Waals surface area contributed by atoms with E-state index in [0.717, 1.165) is 32.6 Å². The molecular formula is C17H31Cl2N3O. The summed E-state index contributed by atoms with van der Waals surface area (Å²) in [6.07, 6.45) is 1.30. The lowest BCUT2D eigenvalue weighted by molar-refractivity contribution is -0.132. The SMILES string of the molecule is CCN(CC)CCN(Cc1ccccc1)C(=O)CCCN.Cl.Cl. The summed E-state index contributed by atoms with van der Waals surface area (Å²) >= 11 is 0. The monoisotopic (exact) mass is 363 g/mol. The lowest BCUT2D eigenvalue weighted by Crippen LogP contribution is -2.38. The summed E-state index contributed by atoms with van der Waals surface area (Å²) in [7, 11) is 0. The van der Waals surface area contributed by atoms with Crippen LogP contribution in [0.5, 0.6) is 0 Å². The minimum Gasteiger partial charge on any atom is -0.337 e. The normalized spacial score (nSPS) is 9.91. The number of likely N-dealkylation sites (N-methyl/N-ethyl adjacent to an activating group) is 1. The maximum absolute atomic E-state index is 12.3. The number of halogens is 2. The first-order valence-corrected chi connectivity index (χ1v) is 7.95. The molecule has 0 fully saturated rings. The average Bonchev–Trinajstić information content (AvgIpc) is 2.53. The van der Waals surface area contributed by atoms with Crippen molar-refractivity contribution in [1.29, 1.82) is 0 Å². The first-order valence-electron chi connectivity index (χ1n) is 7.95. The summed E-state index contributed by atoms with van der Waals surface area (Å²) in [4.78, 5) is 16.7. The van der Waals surface area contributed by atoms with Crippen LogP contribution in [0.15, 0.2) is 30.3 Å². The van der Waals surface area contributed by atoms with Gasteiger partial charge in [-0.1, -0.05) is 44.2 Å². The Morgan fingerprint density at radius 1 is 1.04 bits per heavy atom. The minimum atomic E-state index is 0. The van der Waals surface area contributed by atoms with Gasteiger partial charge in [-0.05, 0) is 31.6 Å². The van der Waals surface area contributed by atoms with Gasteiger partial charge in [-0.15, -0.1) is 24.8 Å². The number of hydrogen-bond donors (Lipinski definition) is 1. The smallest absolute Gasteiger partial charge is 0.222 e. The van der Waals surface area contributed by atoms with Gasteiger partial charge >= 0.3 is 0 Å². The zero-order valence-electron chi connectivity index (χ0n) is 14.2. The van der Waals surface area contributed by atoms with Crippen LogP contribution < -0.4 is 5.73 Å². The summed E-state index contributed by atoms with van der Waals surface area (Å²) in [6.45, 7) is 9.31. The number of benzene rings is 1. The molecule has 1 aromatic rings. The molecular weight excluding hydrogens is 333 g/mol. The van der Waals surface area contributed by atoms with Crippen LogP contribution >= 0.6 is 24.8 Å². The highest BCUT2D eigenvalue weighted by molar-refractivity contribution is 5.85. The Bertz CT molecular complexity index is 400. The van der Waals surface area contributed by atoms with Gasteiger partial charge in [0.15, 0.2) is 0 Å². The van der Waals surface area contributed by atoms with Crippen LogP contribution in [0.3, 0.4) is 0 Å². The third kappa shape index (κ3) is 9.82. The fourth-order valence-corrected chi connectivity index (χ4v) is 2.31. The number of nitrogens with two attached hydrogens (primary N) is 1. The van der Waals surface area contributed by atoms with E-state index in [4.69, 9.17) is 5.73 Å². The maximum atomic E-state index is 12.3. The van der Waals surface area contributed by atoms with Crippen molar-refractivity contribution in [1.82, 2.24) is 9.80 Å². The van der Waals surface area contributed by atoms with Crippen LogP contribution in [0.25, 0.3) is 0 Å². The van der Waals surface area contributed by atoms with E-state index >= 15 is 0 Å². The molecule has 1 rings (SSSR count). The van der Waals surface area contributed by atoms with E-state index in [1.807, 2.05) is 23.1 Å². The van der Waals surface area contributed by atoms with Crippen molar-refractivity contribution in [2.45, 2.75) is 33.2 Å². The molecule has 0 heterocycles. The molecule has 0 aromatic heterocycles. The highest BCUT2D eigenvalue weighted by atomic mass is 35.5. The quantitative estimate of drug-likeness (QED) is 0.695. The largest absolute Gasteiger partial charge is 0.337 e. The zero-order chi connectivity index (χ0) is 15.5. The average molecular weight is 364 g/mol. The fourth-order valence-electron chi connectivity index (χ4n) is 2.31. The van der Waals surface area contributed by atoms with E-state index in [-0.39, 0.29) is 30.7 Å². The third-order valence-electron chi connectivity index (χ3n) is 3.74. The first-order chi connectivity index (χ1) is 10.2. The minimum absolute atomic E-state index is 0. The Morgan fingerprint density at radius 2 is 1.65 bits per heavy atom. The Hall–Kier alpha value is -0.810. The highest BCUT2D eigenvalue weighted by Crippen LogP contribution is 2.07. The second-order valence-corrected chi connectivity index (χ2v) is 5.22. The zero-order valence-corrected chi connectivity index (χ0v) is 15.9. The van der Waals surface area contributed by atoms with Gasteiger partial charge in [0, 0.05) is 26.1 Å². The van der Waals surface area contributed by atoms with E-state index in [0.29, 0.717) is 19.5 Å². The van der Waals surface area contributed by atoms with Crippen LogP contribution in [0.1, 0.15) is 32.3 Å². The number of rotatable bonds is 10. The molecule has 23 heavy (non-hydrogen) atoms. The van der Waals surface area contributed by atoms with Crippen molar-refractivity contribution in [2.24, 2.45) is 5.73 Å². The van der Waals surface area contributed by atoms with Gasteiger partial charge in [0.1, 0.15) is 0 Å². The van der Waals surface area contributed by atoms with Crippen molar-refractivity contribution in [3.63, 3.8) is 0 Å². The molecule has 4 nitrogen and oxygen atoms in total. The third-order valence-corrected chi connectivity index (χ3v) is 3.74. The Kier molecular flexibility index (Phi) is 15.7. The maximum Gasteiger partial charge on any atom is 0.222 e. The van der Waals surface area contributed by atoms with E-state index in [2.05, 4.69) is 30.9 Å². The molecule has 0 bridgehead atoms. The molecule has 0 atom stereocenters. The molecule has 0 saturated carbocycles. The molecule has 0 saturated heterocycles. The highest BCUT2D eigenvalue weighted by Gasteiger charge is 2.14. The Morgan fingerprint density at radius 3 is 2.17 bits per heavy atom. The lowest BCUT2D eigenvalue weighted by atomic mass is 10.2. The first kappa shape index (κ1) is 24.4. The number of amides is 1. The van der Waals surface area contributed by atoms with Crippen molar-refractivity contribution in [2.75, 3.05) is 32.7 Å². The van der Waals surface area contributed by atoms with E-state index in [1.165, 1.54) is 5.56 Å². The van der Waals surface area contributed by atoms with Gasteiger partial charge in [-0.25, -0.2) is 0 Å². The Labute approximate surface area is 153 Å². The molecule has 2 N–H and O–H groups in total. The van der Waals surface area contributed by atoms with E-state index in [1.54, 1.807) is 0 Å². The number of carbonyl (C=O) groups excluding carboxylic acids is 1. The topological polar surface area (TPSA) is 49.6 Å². The molecule has 6 heteroatoms. The van der Waals surface area contributed by atoms with Crippen molar-refractivity contribution < 1.29 is 4.79 Å². The van der Waals surface area contributed by atoms with Crippen LogP contribution in [-0.2, 0) is 11.3 Å². The second kappa shape index (κ2) is 14.8. The number of carbonyl (C=O) groups is 1. The summed E-state index contributed by atoms with van der Waals surface area (Å²) in [5, 5.41) is 0. The lowest BCUT2D eigenvalue weighted by Gasteiger charge is -2.26. The number of nitrogens with zero attached hydrogens (tertiary/aromatic N) is 2. The predicted octanol–water partition coefficient (Wildman–Crippen LogP) is 2.94. The van der Waals surface area contributed by atoms with Gasteiger partial charge in [-0.2, -0.15) is 0 Å². The summed E-state index contributed by atoms with van der Waals surface area (Å²) < 4.78 is 0. The summed E-state index contributed by atoms with van der Waals surface area (Å²) in [5.74, 6) is 0.205. The standard InChI is InChI=1S/C17H29N3O.2ClH/c1-3-19(4-2)13-14-20(17(21)11-8-12-18)15-16-9-6-5-7-10-16;;/h5-7,9-10H,3-4,8,11-15,18H2,1-2H3;2*1H. The van der Waals surface area contributed by atoms with Crippen molar-refractivity contribution in [3.8, 4) is 0 Å². The summed E-state index contributed by atoms with van der Waals surface area (Å²) in [5.41, 5.74) is 6.69. The van der Waals surface area contributed by atoms with Gasteiger partial charge in [0.25, 0.3) is 0 Å². The number of hydrogen-bond acceptors (Lipinski definition) is 3. The molecule has 0 aliphatic rings. The molecule has 0 aliphatic heterocycles. The predicted molar refractivity (Wildman–Crippen MR) is 102 cm³/mol. The van der Waals surface area contributed by atoms with Crippen LogP contribution in [0.4, 0.5) is 0 Å². The molecule has 0 aliphatic carbocycles. The van der Waals surface area contributed by atoms with Crippen LogP contribution in [-0.4, -0.2) is 48.4 Å². The van der Waals surface area contributed by atoms with Gasteiger partial charge < -0.3 is 15.5 Å². The molecule has 0 unspecified atom stereocenters. The fraction of sp³-hybridized carbons (Fsp3) is 0.588. The molecule has 0 spiro atoms. The molecule has 1 aromatic carbocycles. The second-order valence-electron chi connectivity index (χ2n) is 5.22. The molecule has 134 valence electrons. The van der Waals surface area contributed by atoms with Gasteiger partial charge in [-0.3, -0.25) is 4.79 Å². The van der Waals surface area contributed by atoms with Crippen molar-refractivity contribution in [3.05, 3.63) is 35.9 Å². The van der Waals surface area contributed by atoms with E-state index < -0.39 is 0 Å². The van der Waals surface area contributed by atoms with Crippen LogP contribution in [0, 0.1) is 0 Å². The van der Waals surface area contributed by atoms with Gasteiger partial charge in [0.05, 0.1) is 0 Å². The van der Waals surface area contributed by atoms with E-state index in [9.17, 15) is 4.79 Å². The summed E-state index contributed by atoms with van der Waals surface area (Å²) in [6, 6.07) is 10.2. The van der Waals surface area contributed by atoms with Crippen molar-refractivity contribution >= 4 is 30.7 Å². The Balaban J connectivity index is 0.